The Morgan fingerprint density at radius 2 is 1.53 bits per heavy atom. The highest BCUT2D eigenvalue weighted by Gasteiger charge is 2.29. The van der Waals surface area contributed by atoms with Crippen LogP contribution < -0.4 is 5.56 Å². The molecule has 0 radical (unpaired) electrons. The first kappa shape index (κ1) is 24.3. The summed E-state index contributed by atoms with van der Waals surface area (Å²) < 4.78 is 69.0. The van der Waals surface area contributed by atoms with Crippen LogP contribution in [-0.4, -0.2) is 26.0 Å². The van der Waals surface area contributed by atoms with E-state index >= 15 is 0 Å². The molecule has 1 heterocycles. The van der Waals surface area contributed by atoms with E-state index in [4.69, 9.17) is 5.11 Å². The molecule has 0 aliphatic rings. The Kier molecular flexibility index (Phi) is 6.14. The number of azo groups is 1. The fraction of sp³-hybridized carbons (Fsp3) is 0.0435. The topological polar surface area (TPSA) is 120 Å². The fourth-order valence-electron chi connectivity index (χ4n) is 3.37. The van der Waals surface area contributed by atoms with E-state index in [2.05, 4.69) is 15.3 Å². The van der Waals surface area contributed by atoms with Gasteiger partial charge in [-0.15, -0.1) is 10.2 Å². The van der Waals surface area contributed by atoms with Gasteiger partial charge in [0.2, 0.25) is 5.82 Å². The van der Waals surface area contributed by atoms with Crippen LogP contribution in [0.2, 0.25) is 0 Å². The molecule has 184 valence electrons. The number of aryl methyl sites for hydroxylation is 1. The maximum Gasteiger partial charge on any atom is 0.335 e. The van der Waals surface area contributed by atoms with Crippen LogP contribution in [0.5, 0.6) is 5.75 Å². The lowest BCUT2D eigenvalue weighted by Gasteiger charge is -2.08. The van der Waals surface area contributed by atoms with Gasteiger partial charge in [-0.2, -0.15) is 0 Å². The van der Waals surface area contributed by atoms with Crippen molar-refractivity contribution in [3.8, 4) is 22.6 Å². The summed E-state index contributed by atoms with van der Waals surface area (Å²) in [5, 5.41) is 29.4. The molecule has 0 fully saturated rings. The van der Waals surface area contributed by atoms with Crippen molar-refractivity contribution in [1.29, 1.82) is 0 Å². The summed E-state index contributed by atoms with van der Waals surface area (Å²) in [6.07, 6.45) is 0. The molecule has 36 heavy (non-hydrogen) atoms. The number of nitrogens with zero attached hydrogens (tertiary/aromatic N) is 3. The number of carboxylic acid groups (broad SMARTS) is 1. The highest BCUT2D eigenvalue weighted by Crippen LogP contribution is 2.38. The summed E-state index contributed by atoms with van der Waals surface area (Å²) in [7, 11) is 0. The largest absolute Gasteiger partial charge is 0.505 e. The number of phenolic OH excluding ortho intramolecular Hbond substituents is 1. The number of aromatic hydroxyl groups is 1. The van der Waals surface area contributed by atoms with E-state index in [0.717, 1.165) is 0 Å². The predicted octanol–water partition coefficient (Wildman–Crippen LogP) is 5.66. The maximum atomic E-state index is 14.2. The van der Waals surface area contributed by atoms with Gasteiger partial charge in [0.15, 0.2) is 34.7 Å². The van der Waals surface area contributed by atoms with Crippen molar-refractivity contribution in [2.24, 2.45) is 10.2 Å². The first-order valence-corrected chi connectivity index (χ1v) is 9.93. The van der Waals surface area contributed by atoms with Crippen molar-refractivity contribution in [3.63, 3.8) is 0 Å². The van der Waals surface area contributed by atoms with Crippen molar-refractivity contribution >= 4 is 17.3 Å². The summed E-state index contributed by atoms with van der Waals surface area (Å²) in [6.45, 7) is 1.24. The highest BCUT2D eigenvalue weighted by atomic mass is 19.2. The van der Waals surface area contributed by atoms with E-state index in [-0.39, 0.29) is 27.2 Å². The number of aromatic nitrogens is 2. The lowest BCUT2D eigenvalue weighted by molar-refractivity contribution is 0.0697. The van der Waals surface area contributed by atoms with Crippen molar-refractivity contribution in [3.05, 3.63) is 93.2 Å². The van der Waals surface area contributed by atoms with Crippen LogP contribution in [0.15, 0.2) is 57.5 Å². The van der Waals surface area contributed by atoms with E-state index in [1.165, 1.54) is 43.3 Å². The molecule has 0 atom stereocenters. The zero-order chi connectivity index (χ0) is 26.3. The number of phenols is 1. The number of aromatic carboxylic acids is 1. The quantitative estimate of drug-likeness (QED) is 0.141. The molecule has 1 aromatic heterocycles. The third kappa shape index (κ3) is 4.00. The average Bonchev–Trinajstić information content (AvgIpc) is 3.13. The Morgan fingerprint density at radius 1 is 0.917 bits per heavy atom. The zero-order valence-corrected chi connectivity index (χ0v) is 18.0. The lowest BCUT2D eigenvalue weighted by atomic mass is 10.0. The van der Waals surface area contributed by atoms with Gasteiger partial charge in [-0.25, -0.2) is 31.4 Å². The molecular weight excluding hydrogens is 491 g/mol. The molecular formula is C23H13F5N4O4. The number of carboxylic acids is 1. The number of rotatable bonds is 5. The van der Waals surface area contributed by atoms with Gasteiger partial charge in [-0.05, 0) is 30.7 Å². The zero-order valence-electron chi connectivity index (χ0n) is 18.0. The molecule has 3 aromatic carbocycles. The Balaban J connectivity index is 1.77. The molecule has 0 saturated heterocycles. The minimum absolute atomic E-state index is 0.0319. The summed E-state index contributed by atoms with van der Waals surface area (Å²) in [5.41, 5.74) is -3.11. The van der Waals surface area contributed by atoms with E-state index in [1.807, 2.05) is 0 Å². The Bertz CT molecular complexity index is 1600. The summed E-state index contributed by atoms with van der Waals surface area (Å²) in [6, 6.07) is 9.95. The summed E-state index contributed by atoms with van der Waals surface area (Å²) in [4.78, 5) is 23.9. The predicted molar refractivity (Wildman–Crippen MR) is 116 cm³/mol. The second kappa shape index (κ2) is 9.09. The highest BCUT2D eigenvalue weighted by molar-refractivity contribution is 5.90. The van der Waals surface area contributed by atoms with Crippen LogP contribution in [0.25, 0.3) is 16.8 Å². The van der Waals surface area contributed by atoms with Crippen molar-refractivity contribution < 1.29 is 37.0 Å². The first-order chi connectivity index (χ1) is 17.0. The van der Waals surface area contributed by atoms with E-state index < -0.39 is 57.7 Å². The molecule has 0 spiro atoms. The molecule has 0 aliphatic heterocycles. The third-order valence-corrected chi connectivity index (χ3v) is 5.14. The molecule has 0 aliphatic carbocycles. The average molecular weight is 504 g/mol. The second-order valence-electron chi connectivity index (χ2n) is 7.40. The number of aromatic amines is 1. The monoisotopic (exact) mass is 504 g/mol. The van der Waals surface area contributed by atoms with Gasteiger partial charge in [-0.3, -0.25) is 9.89 Å². The summed E-state index contributed by atoms with van der Waals surface area (Å²) in [5.74, 6) is -12.9. The van der Waals surface area contributed by atoms with Crippen LogP contribution in [0.4, 0.5) is 33.3 Å². The van der Waals surface area contributed by atoms with Crippen molar-refractivity contribution in [2.75, 3.05) is 0 Å². The molecule has 13 heteroatoms. The van der Waals surface area contributed by atoms with Gasteiger partial charge >= 0.3 is 5.97 Å². The molecule has 3 N–H and O–H groups in total. The number of nitrogens with one attached hydrogen (secondary N) is 1. The van der Waals surface area contributed by atoms with Crippen LogP contribution in [0, 0.1) is 36.0 Å². The minimum atomic E-state index is -2.38. The van der Waals surface area contributed by atoms with Gasteiger partial charge in [-0.1, -0.05) is 24.3 Å². The van der Waals surface area contributed by atoms with Crippen LogP contribution >= 0.6 is 0 Å². The molecule has 4 rings (SSSR count). The van der Waals surface area contributed by atoms with Crippen molar-refractivity contribution in [1.82, 2.24) is 9.78 Å². The second-order valence-corrected chi connectivity index (χ2v) is 7.40. The van der Waals surface area contributed by atoms with Gasteiger partial charge in [0, 0.05) is 5.56 Å². The molecule has 0 amide bonds. The number of hydrogen-bond donors (Lipinski definition) is 3. The van der Waals surface area contributed by atoms with Gasteiger partial charge < -0.3 is 10.2 Å². The normalized spacial score (nSPS) is 11.4. The number of hydrogen-bond acceptors (Lipinski definition) is 5. The summed E-state index contributed by atoms with van der Waals surface area (Å²) >= 11 is 0. The first-order valence-electron chi connectivity index (χ1n) is 9.93. The maximum absolute atomic E-state index is 14.2. The van der Waals surface area contributed by atoms with Crippen LogP contribution in [0.3, 0.4) is 0 Å². The fourth-order valence-corrected chi connectivity index (χ4v) is 3.37. The number of para-hydroxylation sites is 1. The number of carbonyl (C=O) groups is 1. The minimum Gasteiger partial charge on any atom is -0.505 e. The van der Waals surface area contributed by atoms with Gasteiger partial charge in [0.25, 0.3) is 5.56 Å². The van der Waals surface area contributed by atoms with Crippen LogP contribution in [0.1, 0.15) is 16.1 Å². The molecule has 4 aromatic rings. The molecule has 8 nitrogen and oxygen atoms in total. The number of benzene rings is 3. The van der Waals surface area contributed by atoms with Crippen LogP contribution in [-0.2, 0) is 0 Å². The van der Waals surface area contributed by atoms with Gasteiger partial charge in [0.05, 0.1) is 11.3 Å². The lowest BCUT2D eigenvalue weighted by Crippen LogP contribution is -2.19. The molecule has 0 unspecified atom stereocenters. The van der Waals surface area contributed by atoms with Gasteiger partial charge in [0.1, 0.15) is 11.4 Å². The van der Waals surface area contributed by atoms with Crippen molar-refractivity contribution in [2.45, 2.75) is 6.92 Å². The van der Waals surface area contributed by atoms with E-state index in [1.54, 1.807) is 6.07 Å². The van der Waals surface area contributed by atoms with E-state index in [9.17, 15) is 36.6 Å². The number of H-pyrrole nitrogens is 1. The van der Waals surface area contributed by atoms with E-state index in [0.29, 0.717) is 5.56 Å². The SMILES string of the molecule is Cc1[nH]n(-c2c(F)c(F)c(F)c(F)c2F)c(=O)c1N=Nc1cccc(-c2cccc(C(=O)O)c2)c1O. The Hall–Kier alpha value is -4.81. The Morgan fingerprint density at radius 3 is 2.17 bits per heavy atom. The smallest absolute Gasteiger partial charge is 0.335 e. The standard InChI is InChI=1S/C23H13F5N4O4/c1-9-19(22(34)32(31-9)20-17(27)15(25)14(24)16(26)18(20)28)30-29-13-7-3-6-12(21(13)33)10-4-2-5-11(8-10)23(35)36/h2-8,31,33H,1H3,(H,35,36). The molecule has 0 bridgehead atoms. The number of halogens is 5. The molecule has 0 saturated carbocycles. The third-order valence-electron chi connectivity index (χ3n) is 5.14. The Labute approximate surface area is 197 Å².